The zero-order valence-electron chi connectivity index (χ0n) is 13.7. The fourth-order valence-electron chi connectivity index (χ4n) is 1.92. The normalized spacial score (nSPS) is 7.83. The summed E-state index contributed by atoms with van der Waals surface area (Å²) in [5, 5.41) is 3.28. The Morgan fingerprint density at radius 3 is 2.12 bits per heavy atom. The SMILES string of the molecule is CS.P.P.P.P.[Cl][Ru+2].[NH-]Cc1ccc2ccc3ccc[c-]c3c2n1. The van der Waals surface area contributed by atoms with Gasteiger partial charge in [-0.15, -0.1) is 41.6 Å². The topological polar surface area (TPSA) is 36.7 Å². The molecule has 0 fully saturated rings. The van der Waals surface area contributed by atoms with Crippen molar-refractivity contribution >= 4 is 83.6 Å². The number of hydrogen-bond acceptors (Lipinski definition) is 2. The molecule has 4 unspecified atom stereocenters. The summed E-state index contributed by atoms with van der Waals surface area (Å²) in [6.45, 7) is 0.221. The van der Waals surface area contributed by atoms with E-state index in [4.69, 9.17) is 5.73 Å². The van der Waals surface area contributed by atoms with Crippen LogP contribution in [0.2, 0.25) is 0 Å². The quantitative estimate of drug-likeness (QED) is 0.153. The maximum Gasteiger partial charge on any atom is 0.00901 e. The fourth-order valence-corrected chi connectivity index (χ4v) is 1.92. The van der Waals surface area contributed by atoms with Crippen LogP contribution in [0.4, 0.5) is 0 Å². The van der Waals surface area contributed by atoms with Gasteiger partial charge in [0.1, 0.15) is 0 Å². The minimum absolute atomic E-state index is 0. The summed E-state index contributed by atoms with van der Waals surface area (Å²) < 4.78 is 0. The van der Waals surface area contributed by atoms with Gasteiger partial charge in [0.05, 0.1) is 0 Å². The standard InChI is InChI=1S/C14H10N2.CH4S.ClH.4H3P.Ru/c15-9-12-8-7-11-6-5-10-3-1-2-4-13(10)14(11)16-12;1-2;;;;;;/h1-3,5-8,15H,9H2;2H,1H3;1H;4*1H3;/q-2;;;;;;;+3/p-1. The monoisotopic (exact) mass is 527 g/mol. The first-order valence-electron chi connectivity index (χ1n) is 5.80. The molecular formula is C15H26ClN2P4RuS. The molecule has 0 saturated carbocycles. The Hall–Kier alpha value is 1.05. The van der Waals surface area contributed by atoms with Crippen LogP contribution in [0.5, 0.6) is 0 Å². The number of nitrogens with zero attached hydrogens (tertiary/aromatic N) is 1. The molecule has 1 heterocycles. The summed E-state index contributed by atoms with van der Waals surface area (Å²) in [5.41, 5.74) is 9.10. The minimum Gasteiger partial charge on any atom is -0.672 e. The zero-order valence-corrected chi connectivity index (χ0v) is 22.7. The zero-order chi connectivity index (χ0) is 15.0. The molecule has 4 atom stereocenters. The Morgan fingerprint density at radius 2 is 1.54 bits per heavy atom. The van der Waals surface area contributed by atoms with E-state index in [1.165, 1.54) is 0 Å². The van der Waals surface area contributed by atoms with Crippen LogP contribution in [0, 0.1) is 6.07 Å². The molecule has 0 amide bonds. The Bertz CT molecular complexity index is 692. The van der Waals surface area contributed by atoms with E-state index < -0.39 is 0 Å². The molecule has 0 saturated heterocycles. The molecule has 3 rings (SSSR count). The van der Waals surface area contributed by atoms with Crippen molar-refractivity contribution in [1.29, 1.82) is 0 Å². The second kappa shape index (κ2) is 18.8. The Morgan fingerprint density at radius 1 is 1.00 bits per heavy atom. The number of rotatable bonds is 1. The van der Waals surface area contributed by atoms with Gasteiger partial charge in [-0.1, -0.05) is 18.2 Å². The summed E-state index contributed by atoms with van der Waals surface area (Å²) in [6.07, 6.45) is 1.69. The van der Waals surface area contributed by atoms with E-state index in [0.717, 1.165) is 27.4 Å². The Labute approximate surface area is 177 Å². The van der Waals surface area contributed by atoms with Gasteiger partial charge in [0, 0.05) is 5.69 Å². The van der Waals surface area contributed by atoms with Crippen LogP contribution >= 0.6 is 61.9 Å². The van der Waals surface area contributed by atoms with Gasteiger partial charge in [-0.25, -0.2) is 0 Å². The number of thiol groups is 1. The summed E-state index contributed by atoms with van der Waals surface area (Å²) in [6, 6.07) is 17.2. The van der Waals surface area contributed by atoms with Crippen molar-refractivity contribution in [3.05, 3.63) is 60.0 Å². The molecule has 2 aromatic carbocycles. The van der Waals surface area contributed by atoms with E-state index >= 15 is 0 Å². The maximum absolute atomic E-state index is 7.35. The molecule has 24 heavy (non-hydrogen) atoms. The third kappa shape index (κ3) is 8.63. The average Bonchev–Trinajstić information content (AvgIpc) is 2.58. The molecule has 2 nitrogen and oxygen atoms in total. The molecule has 0 aliphatic rings. The molecule has 0 bridgehead atoms. The van der Waals surface area contributed by atoms with Crippen molar-refractivity contribution in [2.45, 2.75) is 6.54 Å². The van der Waals surface area contributed by atoms with Crippen LogP contribution in [0.3, 0.4) is 0 Å². The van der Waals surface area contributed by atoms with Gasteiger partial charge >= 0.3 is 27.0 Å². The van der Waals surface area contributed by atoms with Gasteiger partial charge in [0.2, 0.25) is 0 Å². The van der Waals surface area contributed by atoms with E-state index in [9.17, 15) is 0 Å². The number of aromatic nitrogens is 1. The number of halogens is 1. The fraction of sp³-hybridized carbons (Fsp3) is 0.133. The molecular weight excluding hydrogens is 501 g/mol. The van der Waals surface area contributed by atoms with Crippen LogP contribution in [0.1, 0.15) is 5.69 Å². The van der Waals surface area contributed by atoms with Gasteiger partial charge < -0.3 is 10.7 Å². The van der Waals surface area contributed by atoms with Crippen molar-refractivity contribution in [3.63, 3.8) is 0 Å². The summed E-state index contributed by atoms with van der Waals surface area (Å²) in [5.74, 6) is 0. The van der Waals surface area contributed by atoms with E-state index in [2.05, 4.69) is 51.6 Å². The number of pyridine rings is 1. The predicted octanol–water partition coefficient (Wildman–Crippen LogP) is 5.21. The third-order valence-electron chi connectivity index (χ3n) is 2.73. The van der Waals surface area contributed by atoms with Crippen LogP contribution < -0.4 is 0 Å². The second-order valence-corrected chi connectivity index (χ2v) is 3.75. The van der Waals surface area contributed by atoms with Crippen LogP contribution in [0.25, 0.3) is 27.4 Å². The molecule has 9 heteroatoms. The number of hydrogen-bond donors (Lipinski definition) is 1. The van der Waals surface area contributed by atoms with Crippen molar-refractivity contribution in [2.24, 2.45) is 0 Å². The van der Waals surface area contributed by atoms with Gasteiger partial charge in [0.15, 0.2) is 0 Å². The molecule has 0 aliphatic heterocycles. The van der Waals surface area contributed by atoms with Crippen molar-refractivity contribution in [2.75, 3.05) is 6.26 Å². The second-order valence-electron chi connectivity index (χ2n) is 3.75. The van der Waals surface area contributed by atoms with Crippen LogP contribution in [-0.2, 0) is 23.9 Å². The molecule has 0 aliphatic carbocycles. The van der Waals surface area contributed by atoms with E-state index in [0.29, 0.717) is 0 Å². The first-order chi connectivity index (χ1) is 9.88. The molecule has 1 aromatic heterocycles. The van der Waals surface area contributed by atoms with Gasteiger partial charge in [0.25, 0.3) is 0 Å². The molecule has 137 valence electrons. The predicted molar refractivity (Wildman–Crippen MR) is 131 cm³/mol. The maximum atomic E-state index is 7.35. The van der Waals surface area contributed by atoms with Gasteiger partial charge in [-0.3, -0.25) is 0 Å². The number of benzene rings is 2. The molecule has 0 spiro atoms. The van der Waals surface area contributed by atoms with E-state index in [1.807, 2.05) is 41.6 Å². The van der Waals surface area contributed by atoms with Crippen LogP contribution in [0.15, 0.2) is 42.5 Å². The van der Waals surface area contributed by atoms with Crippen molar-refractivity contribution < 1.29 is 17.3 Å². The smallest absolute Gasteiger partial charge is 0.00901 e. The van der Waals surface area contributed by atoms with Crippen molar-refractivity contribution in [1.82, 2.24) is 4.98 Å². The van der Waals surface area contributed by atoms with Gasteiger partial charge in [-0.2, -0.15) is 52.2 Å². The number of nitrogens with one attached hydrogen (secondary N) is 1. The Balaban J connectivity index is -0.000000234. The van der Waals surface area contributed by atoms with E-state index in [-0.39, 0.29) is 46.1 Å². The summed E-state index contributed by atoms with van der Waals surface area (Å²) >= 11 is 5.35. The molecule has 0 radical (unpaired) electrons. The van der Waals surface area contributed by atoms with Gasteiger partial charge in [-0.05, 0) is 23.2 Å². The third-order valence-corrected chi connectivity index (χ3v) is 2.73. The number of fused-ring (bicyclic) bond motifs is 3. The Kier molecular flexibility index (Phi) is 25.7. The molecule has 3 aromatic rings. The first kappa shape index (κ1) is 32.7. The summed E-state index contributed by atoms with van der Waals surface area (Å²) in [4.78, 5) is 4.50. The summed E-state index contributed by atoms with van der Waals surface area (Å²) in [7, 11) is 4.57. The minimum atomic E-state index is 0. The largest absolute Gasteiger partial charge is 0.672 e. The van der Waals surface area contributed by atoms with E-state index in [1.54, 1.807) is 6.26 Å². The molecule has 1 N–H and O–H groups in total. The van der Waals surface area contributed by atoms with Crippen LogP contribution in [-0.4, -0.2) is 11.2 Å². The van der Waals surface area contributed by atoms with Crippen molar-refractivity contribution in [3.8, 4) is 0 Å². The average molecular weight is 527 g/mol. The first-order valence-corrected chi connectivity index (χ1v) is 8.93.